The predicted octanol–water partition coefficient (Wildman–Crippen LogP) is 14.0. The summed E-state index contributed by atoms with van der Waals surface area (Å²) >= 11 is 0. The molecule has 1 aromatic heterocycles. The summed E-state index contributed by atoms with van der Waals surface area (Å²) in [7, 11) is 0. The van der Waals surface area contributed by atoms with Crippen LogP contribution in [0, 0.1) is 17.8 Å². The monoisotopic (exact) mass is 671 g/mol. The van der Waals surface area contributed by atoms with Crippen molar-refractivity contribution in [2.24, 2.45) is 17.8 Å². The third-order valence-electron chi connectivity index (χ3n) is 12.8. The molecule has 0 saturated heterocycles. The van der Waals surface area contributed by atoms with E-state index in [1.807, 2.05) is 0 Å². The molecule has 52 heavy (non-hydrogen) atoms. The minimum Gasteiger partial charge on any atom is -0.455 e. The Morgan fingerprint density at radius 1 is 0.462 bits per heavy atom. The topological polar surface area (TPSA) is 16.4 Å². The molecule has 0 amide bonds. The summed E-state index contributed by atoms with van der Waals surface area (Å²) in [6.07, 6.45) is 8.32. The van der Waals surface area contributed by atoms with Crippen molar-refractivity contribution in [3.63, 3.8) is 0 Å². The van der Waals surface area contributed by atoms with E-state index < -0.39 is 0 Å². The second-order valence-corrected chi connectivity index (χ2v) is 16.0. The van der Waals surface area contributed by atoms with Gasteiger partial charge in [-0.3, -0.25) is 0 Å². The quantitative estimate of drug-likeness (QED) is 0.175. The molecule has 2 nitrogen and oxygen atoms in total. The molecule has 0 aliphatic heterocycles. The van der Waals surface area contributed by atoms with Crippen LogP contribution in [0.25, 0.3) is 55.0 Å². The van der Waals surface area contributed by atoms with Crippen LogP contribution in [0.1, 0.15) is 44.1 Å². The minimum atomic E-state index is 0.261. The van der Waals surface area contributed by atoms with Crippen LogP contribution >= 0.6 is 0 Å². The highest BCUT2D eigenvalue weighted by Crippen LogP contribution is 2.62. The number of anilines is 3. The molecule has 4 fully saturated rings. The third-order valence-corrected chi connectivity index (χ3v) is 12.8. The number of rotatable bonds is 6. The molecule has 0 atom stereocenters. The van der Waals surface area contributed by atoms with Gasteiger partial charge in [0.2, 0.25) is 0 Å². The van der Waals surface area contributed by atoms with Crippen molar-refractivity contribution in [2.45, 2.75) is 43.9 Å². The second kappa shape index (κ2) is 11.7. The molecule has 8 aromatic rings. The molecule has 1 heterocycles. The van der Waals surface area contributed by atoms with Crippen molar-refractivity contribution in [2.75, 3.05) is 4.90 Å². The van der Waals surface area contributed by atoms with Crippen LogP contribution in [0.3, 0.4) is 0 Å². The Morgan fingerprint density at radius 3 is 1.52 bits per heavy atom. The van der Waals surface area contributed by atoms with Crippen molar-refractivity contribution < 1.29 is 4.42 Å². The van der Waals surface area contributed by atoms with Crippen molar-refractivity contribution in [1.82, 2.24) is 0 Å². The summed E-state index contributed by atoms with van der Waals surface area (Å²) in [4.78, 5) is 2.46. The van der Waals surface area contributed by atoms with E-state index in [0.29, 0.717) is 0 Å². The lowest BCUT2D eigenvalue weighted by molar-refractivity contribution is -0.00448. The van der Waals surface area contributed by atoms with Gasteiger partial charge in [0, 0.05) is 32.9 Å². The number of hydrogen-bond donors (Lipinski definition) is 0. The Balaban J connectivity index is 1.14. The first-order valence-corrected chi connectivity index (χ1v) is 19.2. The van der Waals surface area contributed by atoms with E-state index in [1.54, 1.807) is 0 Å². The summed E-state index contributed by atoms with van der Waals surface area (Å²) in [5.74, 6) is 2.64. The van der Waals surface area contributed by atoms with E-state index in [9.17, 15) is 0 Å². The summed E-state index contributed by atoms with van der Waals surface area (Å²) in [6, 6.07) is 57.7. The average molecular weight is 672 g/mol. The lowest BCUT2D eigenvalue weighted by atomic mass is 9.48. The zero-order chi connectivity index (χ0) is 34.2. The summed E-state index contributed by atoms with van der Waals surface area (Å²) in [5, 5.41) is 4.92. The number of nitrogens with zero attached hydrogens (tertiary/aromatic N) is 1. The Morgan fingerprint density at radius 2 is 0.962 bits per heavy atom. The van der Waals surface area contributed by atoms with Gasteiger partial charge in [-0.05, 0) is 126 Å². The van der Waals surface area contributed by atoms with Crippen molar-refractivity contribution >= 4 is 49.8 Å². The molecule has 4 aliphatic carbocycles. The van der Waals surface area contributed by atoms with Gasteiger partial charge in [0.15, 0.2) is 0 Å². The van der Waals surface area contributed by atoms with E-state index in [4.69, 9.17) is 4.42 Å². The maximum absolute atomic E-state index is 6.93. The maximum atomic E-state index is 6.93. The fraction of sp³-hybridized carbons (Fsp3) is 0.200. The smallest absolute Gasteiger partial charge is 0.143 e. The zero-order valence-corrected chi connectivity index (χ0v) is 29.3. The van der Waals surface area contributed by atoms with E-state index in [-0.39, 0.29) is 5.41 Å². The van der Waals surface area contributed by atoms with E-state index >= 15 is 0 Å². The normalized spacial score (nSPS) is 22.0. The van der Waals surface area contributed by atoms with Gasteiger partial charge in [-0.15, -0.1) is 0 Å². The minimum absolute atomic E-state index is 0.261. The van der Waals surface area contributed by atoms with Gasteiger partial charge in [-0.2, -0.15) is 0 Å². The first-order valence-electron chi connectivity index (χ1n) is 19.2. The highest BCUT2D eigenvalue weighted by Gasteiger charge is 2.52. The highest BCUT2D eigenvalue weighted by atomic mass is 16.3. The van der Waals surface area contributed by atoms with E-state index in [1.165, 1.54) is 88.2 Å². The highest BCUT2D eigenvalue weighted by molar-refractivity contribution is 6.20. The number of hydrogen-bond acceptors (Lipinski definition) is 2. The van der Waals surface area contributed by atoms with Crippen LogP contribution in [0.2, 0.25) is 0 Å². The first-order chi connectivity index (χ1) is 25.7. The lowest BCUT2D eigenvalue weighted by Crippen LogP contribution is -2.48. The van der Waals surface area contributed by atoms with Gasteiger partial charge in [-0.25, -0.2) is 0 Å². The summed E-state index contributed by atoms with van der Waals surface area (Å²) in [6.45, 7) is 0. The Labute approximate surface area is 305 Å². The molecule has 0 spiro atoms. The number of fused-ring (bicyclic) bond motifs is 5. The molecule has 7 aromatic carbocycles. The van der Waals surface area contributed by atoms with Crippen LogP contribution in [0.4, 0.5) is 17.1 Å². The fourth-order valence-corrected chi connectivity index (χ4v) is 11.0. The number of benzene rings is 7. The maximum Gasteiger partial charge on any atom is 0.143 e. The van der Waals surface area contributed by atoms with Crippen LogP contribution in [0.5, 0.6) is 0 Å². The van der Waals surface area contributed by atoms with Crippen LogP contribution in [0.15, 0.2) is 162 Å². The van der Waals surface area contributed by atoms with Gasteiger partial charge in [0.25, 0.3) is 0 Å². The zero-order valence-electron chi connectivity index (χ0n) is 29.3. The molecule has 4 aliphatic rings. The molecule has 0 N–H and O–H groups in total. The van der Waals surface area contributed by atoms with E-state index in [0.717, 1.165) is 45.7 Å². The van der Waals surface area contributed by atoms with Crippen LogP contribution in [-0.2, 0) is 5.41 Å². The van der Waals surface area contributed by atoms with Crippen molar-refractivity contribution in [1.29, 1.82) is 0 Å². The van der Waals surface area contributed by atoms with Crippen molar-refractivity contribution in [3.8, 4) is 22.3 Å². The Hall–Kier alpha value is -5.60. The average Bonchev–Trinajstić information content (AvgIpc) is 3.58. The van der Waals surface area contributed by atoms with Gasteiger partial charge in [0.05, 0.1) is 5.69 Å². The molecular weight excluding hydrogens is 631 g/mol. The first kappa shape index (κ1) is 30.1. The van der Waals surface area contributed by atoms with Crippen LogP contribution < -0.4 is 4.90 Å². The standard InChI is InChI=1S/C50H41NO/c1-3-10-36(11-4-1)38-18-22-40(23-19-38)51(41-24-20-39(21-25-41)37-12-5-2-6-13-37)46-29-44-48-45(50-30-33-26-34(31-50)28-35(27-33)32-50)16-9-17-47(48)52-49(44)43-15-8-7-14-42(43)46/h1-25,29,33-35H,26-28,30-32H2. The third kappa shape index (κ3) is 4.77. The van der Waals surface area contributed by atoms with Gasteiger partial charge in [0.1, 0.15) is 11.2 Å². The summed E-state index contributed by atoms with van der Waals surface area (Å²) in [5.41, 5.74) is 12.1. The molecule has 4 bridgehead atoms. The fourth-order valence-electron chi connectivity index (χ4n) is 11.0. The molecular formula is C50H41NO. The lowest BCUT2D eigenvalue weighted by Gasteiger charge is -2.57. The largest absolute Gasteiger partial charge is 0.455 e. The van der Waals surface area contributed by atoms with E-state index in [2.05, 4.69) is 163 Å². The SMILES string of the molecule is c1ccc(-c2ccc(N(c3ccc(-c4ccccc4)cc3)c3cc4c(oc5cccc(C67CC8CC(CC(C8)C6)C7)c54)c4ccccc34)cc2)cc1. The molecule has 2 heteroatoms. The molecule has 4 saturated carbocycles. The van der Waals surface area contributed by atoms with Gasteiger partial charge < -0.3 is 9.32 Å². The number of furan rings is 1. The predicted molar refractivity (Wildman–Crippen MR) is 217 cm³/mol. The second-order valence-electron chi connectivity index (χ2n) is 16.0. The molecule has 12 rings (SSSR count). The Kier molecular flexibility index (Phi) is 6.77. The van der Waals surface area contributed by atoms with Crippen LogP contribution in [-0.4, -0.2) is 0 Å². The van der Waals surface area contributed by atoms with Gasteiger partial charge >= 0.3 is 0 Å². The molecule has 252 valence electrons. The van der Waals surface area contributed by atoms with Gasteiger partial charge in [-0.1, -0.05) is 121 Å². The molecule has 0 radical (unpaired) electrons. The Bertz CT molecular complexity index is 2460. The summed E-state index contributed by atoms with van der Waals surface area (Å²) < 4.78 is 6.93. The van der Waals surface area contributed by atoms with Crippen molar-refractivity contribution in [3.05, 3.63) is 163 Å². The molecule has 0 unspecified atom stereocenters.